The molecule has 2 saturated heterocycles. The van der Waals surface area contributed by atoms with Crippen LogP contribution in [0, 0.1) is 22.7 Å². The minimum Gasteiger partial charge on any atom is -0.504 e. The Balaban J connectivity index is 0.000000708. The van der Waals surface area contributed by atoms with Crippen molar-refractivity contribution in [2.24, 2.45) is 28.4 Å². The van der Waals surface area contributed by atoms with Gasteiger partial charge in [0.15, 0.2) is 11.5 Å². The van der Waals surface area contributed by atoms with Crippen molar-refractivity contribution in [3.63, 3.8) is 0 Å². The number of carboxylic acids is 5. The maximum atomic E-state index is 11.3. The number of aliphatic carboxylic acids is 5. The van der Waals surface area contributed by atoms with Crippen LogP contribution in [0.5, 0.6) is 17.2 Å². The highest BCUT2D eigenvalue weighted by Crippen LogP contribution is 2.67. The number of aromatic nitrogens is 1. The minimum absolute atomic E-state index is 0.152. The Hall–Kier alpha value is -7.78. The third-order valence-corrected chi connectivity index (χ3v) is 23.5. The number of carboxylic acid groups (broad SMARTS) is 5. The van der Waals surface area contributed by atoms with E-state index in [4.69, 9.17) is 45.5 Å². The number of aromatic hydroxyl groups is 2. The number of epoxide rings is 1. The summed E-state index contributed by atoms with van der Waals surface area (Å²) in [5.41, 5.74) is 11.6. The van der Waals surface area contributed by atoms with E-state index in [0.717, 1.165) is 91.5 Å². The second-order valence-corrected chi connectivity index (χ2v) is 33.2. The number of carbonyl (C=O) groups is 5. The van der Waals surface area contributed by atoms with Gasteiger partial charge in [0.25, 0.3) is 0 Å². The van der Waals surface area contributed by atoms with E-state index in [1.807, 2.05) is 125 Å². The normalized spacial score (nSPS) is 18.9. The molecule has 0 radical (unpaired) electrons. The van der Waals surface area contributed by atoms with Crippen molar-refractivity contribution in [3.8, 4) is 17.2 Å². The number of rotatable bonds is 43. The van der Waals surface area contributed by atoms with Gasteiger partial charge < -0.3 is 113 Å². The highest BCUT2D eigenvalue weighted by Gasteiger charge is 2.59. The molecule has 6 aromatic rings. The topological polar surface area (TPSA) is 461 Å². The van der Waals surface area contributed by atoms with Crippen LogP contribution in [0.2, 0.25) is 0 Å². The highest BCUT2D eigenvalue weighted by atomic mass is 32.1. The Kier molecular flexibility index (Phi) is 62.2. The highest BCUT2D eigenvalue weighted by molar-refractivity contribution is 7.80. The van der Waals surface area contributed by atoms with E-state index in [2.05, 4.69) is 124 Å². The smallest absolute Gasteiger partial charge is 0.321 e. The number of aliphatic hydroxyl groups is 5. The summed E-state index contributed by atoms with van der Waals surface area (Å²) in [6.45, 7) is 32.6. The van der Waals surface area contributed by atoms with Crippen LogP contribution in [0.15, 0.2) is 140 Å². The fraction of sp³-hybridized carbons (Fsp3) is 0.619. The number of hydrogen-bond donors (Lipinski definition) is 20. The van der Waals surface area contributed by atoms with E-state index in [0.29, 0.717) is 106 Å². The van der Waals surface area contributed by atoms with Crippen molar-refractivity contribution in [3.05, 3.63) is 162 Å². The Labute approximate surface area is 750 Å². The number of para-hydroxylation sites is 2. The first-order chi connectivity index (χ1) is 59.6. The molecule has 2 saturated carbocycles. The zero-order valence-electron chi connectivity index (χ0n) is 76.9. The number of aryl methyl sites for hydroxylation is 1. The molecule has 125 heavy (non-hydrogen) atoms. The van der Waals surface area contributed by atoms with Crippen LogP contribution in [0.25, 0.3) is 10.9 Å². The first-order valence-electron chi connectivity index (χ1n) is 45.2. The summed E-state index contributed by atoms with van der Waals surface area (Å²) in [6, 6.07) is 38.3. The number of ether oxygens (including phenoxy) is 3. The van der Waals surface area contributed by atoms with Crippen LogP contribution in [0.1, 0.15) is 221 Å². The van der Waals surface area contributed by atoms with E-state index >= 15 is 0 Å². The number of unbranched alkanes of at least 4 members (excludes halogenated alkanes) is 2. The Morgan fingerprint density at radius 1 is 0.520 bits per heavy atom. The van der Waals surface area contributed by atoms with Gasteiger partial charge in [-0.3, -0.25) is 24.0 Å². The molecular formula is C97H159N7O20S. The van der Waals surface area contributed by atoms with Crippen molar-refractivity contribution in [1.29, 1.82) is 0 Å². The molecule has 0 amide bonds. The van der Waals surface area contributed by atoms with Crippen LogP contribution in [-0.2, 0) is 59.1 Å². The lowest BCUT2D eigenvalue weighted by Crippen LogP contribution is -2.42. The van der Waals surface area contributed by atoms with Crippen LogP contribution < -0.4 is 37.1 Å². The van der Waals surface area contributed by atoms with Crippen LogP contribution in [0.3, 0.4) is 0 Å². The molecule has 3 heterocycles. The number of nitrogens with two attached hydrogens (primary N) is 1. The maximum Gasteiger partial charge on any atom is 0.321 e. The number of phenolic OH excluding ortho intramolecular Hbond substituents is 2. The second kappa shape index (κ2) is 67.5. The molecule has 1 aromatic heterocycles. The fourth-order valence-corrected chi connectivity index (χ4v) is 14.0. The lowest BCUT2D eigenvalue weighted by molar-refractivity contribution is -0.140. The summed E-state index contributed by atoms with van der Waals surface area (Å²) in [6.07, 6.45) is 19.5. The number of benzene rings is 5. The number of hydrogen-bond acceptors (Lipinski definition) is 22. The number of phenols is 2. The number of H-pyrrole nitrogens is 1. The molecule has 4 aliphatic rings. The molecule has 15 atom stereocenters. The molecule has 2 bridgehead atoms. The molecule has 20 N–H and O–H groups in total. The number of nitrogens with one attached hydrogen (secondary N) is 6. The average Bonchev–Trinajstić information content (AvgIpc) is 1.56. The third kappa shape index (κ3) is 49.4. The quantitative estimate of drug-likeness (QED) is 0.00731. The maximum absolute atomic E-state index is 11.3. The number of thiol groups is 1. The molecule has 10 rings (SSSR count). The summed E-state index contributed by atoms with van der Waals surface area (Å²) >= 11 is 3.86. The van der Waals surface area contributed by atoms with Gasteiger partial charge in [0.2, 0.25) is 0 Å². The monoisotopic (exact) mass is 1770 g/mol. The summed E-state index contributed by atoms with van der Waals surface area (Å²) in [7, 11) is 0. The largest absolute Gasteiger partial charge is 0.504 e. The van der Waals surface area contributed by atoms with E-state index in [1.165, 1.54) is 62.6 Å². The predicted molar refractivity (Wildman–Crippen MR) is 501 cm³/mol. The van der Waals surface area contributed by atoms with Gasteiger partial charge in [-0.15, -0.1) is 0 Å². The molecule has 5 aromatic carbocycles. The van der Waals surface area contributed by atoms with Gasteiger partial charge in [0, 0.05) is 68.6 Å². The predicted octanol–water partition coefficient (Wildman–Crippen LogP) is 13.6. The van der Waals surface area contributed by atoms with Crippen molar-refractivity contribution >= 4 is 53.4 Å². The standard InChI is InChI=1S/C15H20N2O3.C13H19NO5.C13H19NO3.C11H24N2O3.C11H20.C9H12O.C8H10.C7H15NO3S.C6H12O.C4H8O/c1-2-11(18)9-17-14(15(19)20)7-10-8-16-13-6-4-3-5-12(10)13;1-2-9(15)7-14-10(13(18)19)5-8-3-4-11(16)12(17)6-8;1-2-11(15)9-14-12(13(16)17)8-10-6-4-3-5-7-10;1-2-9(14)8-13-10(11(15)16)6-4-3-5-7-12;1-8-7-9-5-6-11(8,4)10(9,2)3;1-2-8-10-9-6-4-3-5-7-9;1-2-8-6-4-3-5-7-8;1-2-5(9)3-8-6(4-12)7(10)11;1-2-6-4-3-5-7-6;1-2-4-3-5-4/h3-6,8,11,14,16-18H,2,7,9H2,1H3,(H,19,20);3-4,6,9-10,14-17H,2,5,7H2,1H3,(H,18,19);3-7,11-12,14-15H,2,8-9H2,1H3,(H,16,17);9-10,13-14H,2-8,12H2,1H3,(H,15,16);8-9H,5-7H2,1-4H3;3-7H,2,8H2,1H3;3-7H,2H2,1H3;5-6,8-9,12H,2-4H2,1H3,(H,10,11);6H,2-5H2,1H3;4H,2-3H2,1H3. The molecule has 4 fully saturated rings. The molecule has 28 heteroatoms. The first-order valence-corrected chi connectivity index (χ1v) is 45.8. The summed E-state index contributed by atoms with van der Waals surface area (Å²) < 4.78 is 15.5. The summed E-state index contributed by atoms with van der Waals surface area (Å²) in [4.78, 5) is 57.9. The Morgan fingerprint density at radius 3 is 1.31 bits per heavy atom. The third-order valence-electron chi connectivity index (χ3n) is 23.1. The Bertz CT molecular complexity index is 3750. The first kappa shape index (κ1) is 115. The zero-order valence-corrected chi connectivity index (χ0v) is 77.8. The second-order valence-electron chi connectivity index (χ2n) is 32.8. The average molecular weight is 1780 g/mol. The van der Waals surface area contributed by atoms with Gasteiger partial charge >= 0.3 is 29.8 Å². The van der Waals surface area contributed by atoms with Crippen LogP contribution in [-0.4, -0.2) is 234 Å². The van der Waals surface area contributed by atoms with E-state index in [1.54, 1.807) is 13.0 Å². The SMILES string of the molecule is CC1CC2CCC1(C)C2(C)C.CCC(O)CNC(CCCCCN)C(=O)O.CCC(O)CNC(CS)C(=O)O.CCC(O)CNC(Cc1c[nH]c2ccccc12)C(=O)O.CCC(O)CNC(Cc1ccc(O)c(O)c1)C(=O)O.CCC(O)CNC(Cc1ccccc1)C(=O)O.CCC1CCCO1.CCC1CO1.CCCOc1ccccc1.CCc1ccccc1. The van der Waals surface area contributed by atoms with Crippen LogP contribution >= 0.6 is 12.6 Å². The molecule has 0 spiro atoms. The van der Waals surface area contributed by atoms with Gasteiger partial charge in [0.05, 0.1) is 55.9 Å². The van der Waals surface area contributed by atoms with Crippen molar-refractivity contribution in [1.82, 2.24) is 31.6 Å². The van der Waals surface area contributed by atoms with Crippen molar-refractivity contribution in [2.45, 2.75) is 298 Å². The number of fused-ring (bicyclic) bond motifs is 3. The number of aliphatic hydroxyl groups excluding tert-OH is 5. The molecule has 15 unspecified atom stereocenters. The van der Waals surface area contributed by atoms with Crippen LogP contribution in [0.4, 0.5) is 0 Å². The van der Waals surface area contributed by atoms with Crippen molar-refractivity contribution < 1.29 is 99.5 Å². The summed E-state index contributed by atoms with van der Waals surface area (Å²) in [5, 5.41) is 125. The minimum atomic E-state index is -1.03. The number of aromatic amines is 1. The Morgan fingerprint density at radius 2 is 0.960 bits per heavy atom. The van der Waals surface area contributed by atoms with Gasteiger partial charge in [0.1, 0.15) is 36.0 Å². The lowest BCUT2D eigenvalue weighted by atomic mass is 9.67. The zero-order chi connectivity index (χ0) is 93.7. The lowest BCUT2D eigenvalue weighted by Gasteiger charge is -2.37. The van der Waals surface area contributed by atoms with Gasteiger partial charge in [-0.2, -0.15) is 12.6 Å². The van der Waals surface area contributed by atoms with Gasteiger partial charge in [-0.05, 0) is 197 Å². The van der Waals surface area contributed by atoms with Gasteiger partial charge in [-0.1, -0.05) is 206 Å². The molecule has 27 nitrogen and oxygen atoms in total. The molecule has 2 aliphatic heterocycles. The molecular weight excluding hydrogens is 1620 g/mol. The van der Waals surface area contributed by atoms with Gasteiger partial charge in [-0.25, -0.2) is 0 Å². The van der Waals surface area contributed by atoms with E-state index < -0.39 is 90.6 Å². The van der Waals surface area contributed by atoms with Crippen molar-refractivity contribution in [2.75, 3.05) is 64.8 Å². The molecule has 2 aliphatic carbocycles. The fourth-order valence-electron chi connectivity index (χ4n) is 13.7. The molecule has 708 valence electrons. The summed E-state index contributed by atoms with van der Waals surface area (Å²) in [5.74, 6) is -1.95. The van der Waals surface area contributed by atoms with E-state index in [-0.39, 0.29) is 36.8 Å². The van der Waals surface area contributed by atoms with E-state index in [9.17, 15) is 59.7 Å².